The molecule has 0 radical (unpaired) electrons. The van der Waals surface area contributed by atoms with Gasteiger partial charge in [0.05, 0.1) is 19.0 Å². The molecule has 0 aromatic heterocycles. The average molecular weight is 928 g/mol. The summed E-state index contributed by atoms with van der Waals surface area (Å²) in [6.07, 6.45) is 0.466. The summed E-state index contributed by atoms with van der Waals surface area (Å²) in [5.74, 6) is -9.80. The first-order valence-corrected chi connectivity index (χ1v) is 23.2. The second-order valence-corrected chi connectivity index (χ2v) is 18.4. The van der Waals surface area contributed by atoms with Gasteiger partial charge >= 0.3 is 0 Å². The molecule has 3 fully saturated rings. The fourth-order valence-electron chi connectivity index (χ4n) is 7.01. The molecule has 3 aliphatic rings. The third kappa shape index (κ3) is 15.2. The minimum absolute atomic E-state index is 0.0175. The average Bonchev–Trinajstić information content (AvgIpc) is 3.71. The van der Waals surface area contributed by atoms with Crippen molar-refractivity contribution in [2.45, 2.75) is 126 Å². The van der Waals surface area contributed by atoms with Gasteiger partial charge in [0.15, 0.2) is 0 Å². The molecule has 2 heterocycles. The molecule has 3 rings (SSSR count). The number of rotatable bonds is 15. The molecule has 1 spiro atoms. The highest BCUT2D eigenvalue weighted by Crippen LogP contribution is 2.33. The minimum atomic E-state index is -1.73. The van der Waals surface area contributed by atoms with Gasteiger partial charge in [-0.2, -0.15) is 0 Å². The summed E-state index contributed by atoms with van der Waals surface area (Å²) in [5, 5.41) is 17.8. The summed E-state index contributed by atoms with van der Waals surface area (Å²) < 4.78 is 0. The predicted molar refractivity (Wildman–Crippen MR) is 230 cm³/mol. The van der Waals surface area contributed by atoms with E-state index in [9.17, 15) is 52.7 Å². The summed E-state index contributed by atoms with van der Waals surface area (Å²) >= 11 is 0. The zero-order valence-electron chi connectivity index (χ0n) is 35.4. The zero-order chi connectivity index (χ0) is 47.0. The number of hydrogen-bond donors (Lipinski definition) is 12. The van der Waals surface area contributed by atoms with Crippen molar-refractivity contribution in [1.82, 2.24) is 42.1 Å². The Morgan fingerprint density at radius 1 is 0.841 bits per heavy atom. The van der Waals surface area contributed by atoms with Gasteiger partial charge in [0, 0.05) is 24.5 Å². The van der Waals surface area contributed by atoms with E-state index in [2.05, 4.69) is 37.2 Å². The Labute approximate surface area is 372 Å². The van der Waals surface area contributed by atoms with E-state index in [0.717, 1.165) is 21.6 Å². The van der Waals surface area contributed by atoms with Crippen LogP contribution in [-0.4, -0.2) is 149 Å². The molecule has 0 bridgehead atoms. The first kappa shape index (κ1) is 52.1. The quantitative estimate of drug-likeness (QED) is 0.0681. The van der Waals surface area contributed by atoms with Gasteiger partial charge in [0.2, 0.25) is 65.0 Å². The summed E-state index contributed by atoms with van der Waals surface area (Å²) in [7, 11) is 2.11. The van der Waals surface area contributed by atoms with Gasteiger partial charge in [-0.05, 0) is 57.4 Å². The van der Waals surface area contributed by atoms with Crippen molar-refractivity contribution in [2.24, 2.45) is 34.6 Å². The van der Waals surface area contributed by atoms with Crippen LogP contribution in [-0.2, 0) is 52.7 Å². The molecular weight excluding hydrogens is 867 g/mol. The number of primary amides is 3. The number of amides is 11. The van der Waals surface area contributed by atoms with Crippen LogP contribution in [0.1, 0.15) is 78.1 Å². The maximum Gasteiger partial charge on any atom is 0.246 e. The molecule has 17 N–H and O–H groups in total. The molecule has 63 heavy (non-hydrogen) atoms. The van der Waals surface area contributed by atoms with Gasteiger partial charge in [-0.1, -0.05) is 41.9 Å². The van der Waals surface area contributed by atoms with Crippen molar-refractivity contribution in [3.63, 3.8) is 0 Å². The van der Waals surface area contributed by atoms with Crippen molar-refractivity contribution in [2.75, 3.05) is 31.1 Å². The minimum Gasteiger partial charge on any atom is -0.370 e. The fourth-order valence-corrected chi connectivity index (χ4v) is 9.29. The lowest BCUT2D eigenvalue weighted by atomic mass is 9.75. The lowest BCUT2D eigenvalue weighted by Gasteiger charge is -2.42. The first-order valence-electron chi connectivity index (χ1n) is 20.7. The molecule has 352 valence electrons. The smallest absolute Gasteiger partial charge is 0.246 e. The molecule has 8 atom stereocenters. The Bertz CT molecular complexity index is 1750. The number of nitrogens with zero attached hydrogens (tertiary/aromatic N) is 1. The van der Waals surface area contributed by atoms with Gasteiger partial charge in [-0.25, -0.2) is 0 Å². The molecule has 2 saturated heterocycles. The zero-order valence-corrected chi connectivity index (χ0v) is 37.0. The summed E-state index contributed by atoms with van der Waals surface area (Å²) in [5.41, 5.74) is 26.5. The van der Waals surface area contributed by atoms with Gasteiger partial charge in [0.1, 0.15) is 41.8 Å². The third-order valence-corrected chi connectivity index (χ3v) is 13.5. The van der Waals surface area contributed by atoms with Crippen LogP contribution in [0.15, 0.2) is 0 Å². The van der Waals surface area contributed by atoms with E-state index in [-0.39, 0.29) is 56.7 Å². The second-order valence-electron chi connectivity index (χ2n) is 15.8. The maximum absolute atomic E-state index is 14.3. The van der Waals surface area contributed by atoms with Crippen LogP contribution in [0.25, 0.3) is 0 Å². The number of likely N-dealkylation sites (tertiary alicyclic amines) is 1. The van der Waals surface area contributed by atoms with Crippen LogP contribution in [0.2, 0.25) is 0 Å². The molecular formula is C37H61N13O11S2. The molecule has 1 aliphatic carbocycles. The Hall–Kier alpha value is -5.21. The molecule has 24 nitrogen and oxygen atoms in total. The standard InChI is InChI=1S/C37H61N13O11S2/c1-3-18(2)28-34(59)45-20(7-8-25(40)51)31(56)46-22(14-26(41)52)32(57)47-23(17-63-62-16-19(39)29(54)49-37(10-5-11-37)36(61)48-28)35(60)50-13-4-6-24(50)33(58)44-21(9-12-38)30(55)43-15-27(42)53/h18-24,28H,3-17,38-39H2,1-2H3,(H2,40,51)(H2,41,52)(H2,42,53)(H,43,55)(H,44,58)(H,45,59)(H,46,56)(H,47,57)(H,48,61)(H,49,54)/t18-,19-,20-,21-,22-,23-,24-,28-/m0/s1. The Balaban J connectivity index is 2.00. The van der Waals surface area contributed by atoms with E-state index in [0.29, 0.717) is 19.3 Å². The fraction of sp³-hybridized carbons (Fsp3) is 0.703. The molecule has 0 aromatic carbocycles. The molecule has 11 amide bonds. The first-order chi connectivity index (χ1) is 29.7. The topological polar surface area (TPSA) is 405 Å². The van der Waals surface area contributed by atoms with Gasteiger partial charge in [-0.3, -0.25) is 52.7 Å². The van der Waals surface area contributed by atoms with Gasteiger partial charge < -0.3 is 70.8 Å². The molecule has 26 heteroatoms. The Morgan fingerprint density at radius 2 is 1.49 bits per heavy atom. The number of nitrogens with one attached hydrogen (secondary N) is 7. The highest BCUT2D eigenvalue weighted by atomic mass is 33.1. The molecule has 0 unspecified atom stereocenters. The molecule has 2 aliphatic heterocycles. The predicted octanol–water partition coefficient (Wildman–Crippen LogP) is -5.70. The summed E-state index contributed by atoms with van der Waals surface area (Å²) in [6, 6.07) is -9.38. The lowest BCUT2D eigenvalue weighted by molar-refractivity contribution is -0.142. The van der Waals surface area contributed by atoms with E-state index in [1.54, 1.807) is 13.8 Å². The maximum atomic E-state index is 14.3. The van der Waals surface area contributed by atoms with Crippen LogP contribution in [0.3, 0.4) is 0 Å². The molecule has 0 aromatic rings. The highest BCUT2D eigenvalue weighted by Gasteiger charge is 2.48. The summed E-state index contributed by atoms with van der Waals surface area (Å²) in [6.45, 7) is 3.00. The van der Waals surface area contributed by atoms with Crippen molar-refractivity contribution in [3.05, 3.63) is 0 Å². The van der Waals surface area contributed by atoms with Crippen LogP contribution in [0, 0.1) is 5.92 Å². The molecule has 1 saturated carbocycles. The van der Waals surface area contributed by atoms with E-state index in [4.69, 9.17) is 28.7 Å². The largest absolute Gasteiger partial charge is 0.370 e. The van der Waals surface area contributed by atoms with E-state index < -0.39 is 138 Å². The van der Waals surface area contributed by atoms with Crippen molar-refractivity contribution in [3.8, 4) is 0 Å². The number of carbonyl (C=O) groups excluding carboxylic acids is 11. The Kier molecular flexibility index (Phi) is 20.3. The SMILES string of the molecule is CC[C@H](C)[C@@H]1NC(=O)C2(CCC2)NC(=O)[C@@H](N)CSSC[C@@H](C(=O)N2CCC[C@H]2C(=O)N[C@@H](CCN)C(=O)NCC(N)=O)NC(=O)[C@H](CC(N)=O)NC(=O)[C@H](CCC(N)=O)NC1=O. The van der Waals surface area contributed by atoms with E-state index >= 15 is 0 Å². The number of hydrogen-bond acceptors (Lipinski definition) is 15. The number of carbonyl (C=O) groups is 11. The van der Waals surface area contributed by atoms with Crippen molar-refractivity contribution in [1.29, 1.82) is 0 Å². The highest BCUT2D eigenvalue weighted by molar-refractivity contribution is 8.76. The van der Waals surface area contributed by atoms with Crippen LogP contribution >= 0.6 is 21.6 Å². The third-order valence-electron chi connectivity index (χ3n) is 11.0. The van der Waals surface area contributed by atoms with E-state index in [1.807, 2.05) is 0 Å². The van der Waals surface area contributed by atoms with Crippen molar-refractivity contribution < 1.29 is 52.7 Å². The summed E-state index contributed by atoms with van der Waals surface area (Å²) in [4.78, 5) is 146. The normalized spacial score (nSPS) is 26.0. The van der Waals surface area contributed by atoms with Crippen LogP contribution < -0.4 is 65.9 Å². The van der Waals surface area contributed by atoms with Gasteiger partial charge in [-0.15, -0.1) is 0 Å². The van der Waals surface area contributed by atoms with Crippen LogP contribution in [0.5, 0.6) is 0 Å². The van der Waals surface area contributed by atoms with E-state index in [1.165, 1.54) is 4.90 Å². The monoisotopic (exact) mass is 927 g/mol. The lowest BCUT2D eigenvalue weighted by Crippen LogP contribution is -2.68. The van der Waals surface area contributed by atoms with Crippen molar-refractivity contribution >= 4 is 86.6 Å². The second kappa shape index (κ2) is 24.6. The van der Waals surface area contributed by atoms with Crippen LogP contribution in [0.4, 0.5) is 0 Å². The number of nitrogens with two attached hydrogens (primary N) is 5. The van der Waals surface area contributed by atoms with Gasteiger partial charge in [0.25, 0.3) is 0 Å². The Morgan fingerprint density at radius 3 is 2.08 bits per heavy atom.